The zero-order chi connectivity index (χ0) is 14.2. The van der Waals surface area contributed by atoms with Crippen LogP contribution < -0.4 is 5.32 Å². The van der Waals surface area contributed by atoms with Crippen molar-refractivity contribution < 1.29 is 9.21 Å². The number of hydrogen-bond acceptors (Lipinski definition) is 5. The highest BCUT2D eigenvalue weighted by atomic mass is 16.4. The van der Waals surface area contributed by atoms with Gasteiger partial charge in [0.15, 0.2) is 0 Å². The molecule has 6 nitrogen and oxygen atoms in total. The maximum Gasteiger partial charge on any atom is 0.249 e. The van der Waals surface area contributed by atoms with Crippen molar-refractivity contribution >= 4 is 5.91 Å². The van der Waals surface area contributed by atoms with Crippen LogP contribution in [-0.4, -0.2) is 27.6 Å². The van der Waals surface area contributed by atoms with Gasteiger partial charge in [0, 0.05) is 31.8 Å². The number of nitrogens with zero attached hydrogens (tertiary/aromatic N) is 3. The Kier molecular flexibility index (Phi) is 5.23. The second-order valence-electron chi connectivity index (χ2n) is 4.45. The topological polar surface area (TPSA) is 80.9 Å². The standard InChI is InChI=1S/C14H18N4O2/c1-2-3-6-12(19)16-9-7-13-17-18-14(20-13)11-5-4-8-15-10-11/h4-5,8,10H,2-3,6-7,9H2,1H3,(H,16,19). The lowest BCUT2D eigenvalue weighted by Crippen LogP contribution is -2.25. The smallest absolute Gasteiger partial charge is 0.249 e. The number of pyridine rings is 1. The van der Waals surface area contributed by atoms with Crippen LogP contribution in [0.3, 0.4) is 0 Å². The van der Waals surface area contributed by atoms with E-state index in [0.717, 1.165) is 18.4 Å². The van der Waals surface area contributed by atoms with E-state index in [1.54, 1.807) is 12.4 Å². The van der Waals surface area contributed by atoms with Crippen molar-refractivity contribution in [1.82, 2.24) is 20.5 Å². The Bertz CT molecular complexity index is 539. The van der Waals surface area contributed by atoms with E-state index in [2.05, 4.69) is 27.4 Å². The van der Waals surface area contributed by atoms with Crippen LogP contribution >= 0.6 is 0 Å². The molecule has 0 aliphatic heterocycles. The van der Waals surface area contributed by atoms with Crippen molar-refractivity contribution in [3.63, 3.8) is 0 Å². The van der Waals surface area contributed by atoms with Crippen LogP contribution in [0.15, 0.2) is 28.9 Å². The molecule has 0 atom stereocenters. The molecule has 2 rings (SSSR count). The molecule has 0 aliphatic rings. The fourth-order valence-corrected chi connectivity index (χ4v) is 1.70. The number of amides is 1. The van der Waals surface area contributed by atoms with Gasteiger partial charge in [-0.2, -0.15) is 0 Å². The van der Waals surface area contributed by atoms with E-state index < -0.39 is 0 Å². The van der Waals surface area contributed by atoms with Crippen LogP contribution in [0.2, 0.25) is 0 Å². The Morgan fingerprint density at radius 2 is 2.30 bits per heavy atom. The summed E-state index contributed by atoms with van der Waals surface area (Å²) in [5, 5.41) is 10.8. The fraction of sp³-hybridized carbons (Fsp3) is 0.429. The third-order valence-electron chi connectivity index (χ3n) is 2.79. The van der Waals surface area contributed by atoms with Gasteiger partial charge in [-0.05, 0) is 18.6 Å². The summed E-state index contributed by atoms with van der Waals surface area (Å²) >= 11 is 0. The Hall–Kier alpha value is -2.24. The lowest BCUT2D eigenvalue weighted by Gasteiger charge is -2.01. The summed E-state index contributed by atoms with van der Waals surface area (Å²) in [5.74, 6) is 1.03. The van der Waals surface area contributed by atoms with Gasteiger partial charge < -0.3 is 9.73 Å². The Morgan fingerprint density at radius 1 is 1.40 bits per heavy atom. The van der Waals surface area contributed by atoms with Gasteiger partial charge in [0.1, 0.15) is 0 Å². The first-order valence-electron chi connectivity index (χ1n) is 6.79. The Labute approximate surface area is 117 Å². The minimum Gasteiger partial charge on any atom is -0.421 e. The molecule has 2 aromatic heterocycles. The first kappa shape index (κ1) is 14.2. The zero-order valence-electron chi connectivity index (χ0n) is 11.5. The molecule has 1 N–H and O–H groups in total. The van der Waals surface area contributed by atoms with Gasteiger partial charge in [-0.3, -0.25) is 9.78 Å². The maximum absolute atomic E-state index is 11.4. The quantitative estimate of drug-likeness (QED) is 0.835. The average molecular weight is 274 g/mol. The second-order valence-corrected chi connectivity index (χ2v) is 4.45. The minimum atomic E-state index is 0.0684. The maximum atomic E-state index is 11.4. The zero-order valence-corrected chi connectivity index (χ0v) is 11.5. The van der Waals surface area contributed by atoms with E-state index in [9.17, 15) is 4.79 Å². The van der Waals surface area contributed by atoms with E-state index >= 15 is 0 Å². The molecule has 1 amide bonds. The van der Waals surface area contributed by atoms with Crippen LogP contribution in [0.1, 0.15) is 32.1 Å². The molecule has 0 bridgehead atoms. The number of nitrogens with one attached hydrogen (secondary N) is 1. The van der Waals surface area contributed by atoms with Crippen LogP contribution in [0.4, 0.5) is 0 Å². The monoisotopic (exact) mass is 274 g/mol. The lowest BCUT2D eigenvalue weighted by molar-refractivity contribution is -0.121. The largest absolute Gasteiger partial charge is 0.421 e. The molecule has 106 valence electrons. The van der Waals surface area contributed by atoms with Crippen molar-refractivity contribution in [2.45, 2.75) is 32.6 Å². The predicted molar refractivity (Wildman–Crippen MR) is 73.8 cm³/mol. The summed E-state index contributed by atoms with van der Waals surface area (Å²) in [6, 6.07) is 3.67. The van der Waals surface area contributed by atoms with E-state index in [0.29, 0.717) is 31.2 Å². The summed E-state index contributed by atoms with van der Waals surface area (Å²) in [7, 11) is 0. The highest BCUT2D eigenvalue weighted by Crippen LogP contribution is 2.15. The van der Waals surface area contributed by atoms with E-state index in [1.165, 1.54) is 0 Å². The molecule has 0 aliphatic carbocycles. The average Bonchev–Trinajstić information content (AvgIpc) is 2.95. The first-order chi connectivity index (χ1) is 9.79. The number of carbonyl (C=O) groups excluding carboxylic acids is 1. The molecule has 0 saturated heterocycles. The third kappa shape index (κ3) is 4.15. The number of unbranched alkanes of at least 4 members (excludes halogenated alkanes) is 1. The van der Waals surface area contributed by atoms with Crippen molar-refractivity contribution in [3.8, 4) is 11.5 Å². The Morgan fingerprint density at radius 3 is 3.05 bits per heavy atom. The van der Waals surface area contributed by atoms with E-state index in [-0.39, 0.29) is 5.91 Å². The number of rotatable bonds is 7. The van der Waals surface area contributed by atoms with Gasteiger partial charge in [0.25, 0.3) is 0 Å². The van der Waals surface area contributed by atoms with Gasteiger partial charge in [-0.25, -0.2) is 0 Å². The van der Waals surface area contributed by atoms with Crippen molar-refractivity contribution in [1.29, 1.82) is 0 Å². The fourth-order valence-electron chi connectivity index (χ4n) is 1.70. The summed E-state index contributed by atoms with van der Waals surface area (Å²) in [6.07, 6.45) is 6.39. The van der Waals surface area contributed by atoms with Crippen LogP contribution in [0.25, 0.3) is 11.5 Å². The summed E-state index contributed by atoms with van der Waals surface area (Å²) in [4.78, 5) is 15.4. The van der Waals surface area contributed by atoms with E-state index in [1.807, 2.05) is 12.1 Å². The molecule has 6 heteroatoms. The molecule has 0 fully saturated rings. The Balaban J connectivity index is 1.80. The molecular formula is C14H18N4O2. The van der Waals surface area contributed by atoms with E-state index in [4.69, 9.17) is 4.42 Å². The summed E-state index contributed by atoms with van der Waals surface area (Å²) in [5.41, 5.74) is 0.790. The van der Waals surface area contributed by atoms with Gasteiger partial charge >= 0.3 is 0 Å². The highest BCUT2D eigenvalue weighted by Gasteiger charge is 2.08. The first-order valence-corrected chi connectivity index (χ1v) is 6.79. The number of carbonyl (C=O) groups is 1. The van der Waals surface area contributed by atoms with Crippen LogP contribution in [0, 0.1) is 0 Å². The number of aromatic nitrogens is 3. The predicted octanol–water partition coefficient (Wildman–Crippen LogP) is 1.98. The molecule has 2 heterocycles. The van der Waals surface area contributed by atoms with Gasteiger partial charge in [0.05, 0.1) is 5.56 Å². The molecular weight excluding hydrogens is 256 g/mol. The van der Waals surface area contributed by atoms with Gasteiger partial charge in [-0.1, -0.05) is 13.3 Å². The lowest BCUT2D eigenvalue weighted by atomic mass is 10.2. The van der Waals surface area contributed by atoms with Crippen molar-refractivity contribution in [2.75, 3.05) is 6.54 Å². The van der Waals surface area contributed by atoms with Crippen molar-refractivity contribution in [3.05, 3.63) is 30.4 Å². The third-order valence-corrected chi connectivity index (χ3v) is 2.79. The van der Waals surface area contributed by atoms with Crippen LogP contribution in [0.5, 0.6) is 0 Å². The molecule has 20 heavy (non-hydrogen) atoms. The summed E-state index contributed by atoms with van der Waals surface area (Å²) in [6.45, 7) is 2.57. The molecule has 0 saturated carbocycles. The van der Waals surface area contributed by atoms with Gasteiger partial charge in [-0.15, -0.1) is 10.2 Å². The molecule has 0 spiro atoms. The SMILES string of the molecule is CCCCC(=O)NCCc1nnc(-c2cccnc2)o1. The number of hydrogen-bond donors (Lipinski definition) is 1. The molecule has 0 unspecified atom stereocenters. The molecule has 2 aromatic rings. The minimum absolute atomic E-state index is 0.0684. The normalized spacial score (nSPS) is 10.4. The molecule has 0 aromatic carbocycles. The highest BCUT2D eigenvalue weighted by molar-refractivity contribution is 5.75. The summed E-state index contributed by atoms with van der Waals surface area (Å²) < 4.78 is 5.52. The van der Waals surface area contributed by atoms with Crippen molar-refractivity contribution in [2.24, 2.45) is 0 Å². The van der Waals surface area contributed by atoms with Crippen LogP contribution in [-0.2, 0) is 11.2 Å². The molecule has 0 radical (unpaired) electrons. The second kappa shape index (κ2) is 7.37. The van der Waals surface area contributed by atoms with Gasteiger partial charge in [0.2, 0.25) is 17.7 Å².